The van der Waals surface area contributed by atoms with Crippen molar-refractivity contribution in [1.82, 2.24) is 10.2 Å². The van der Waals surface area contributed by atoms with Gasteiger partial charge in [-0.2, -0.15) is 0 Å². The number of rotatable bonds is 6. The molecule has 2 atom stereocenters. The third-order valence-electron chi connectivity index (χ3n) is 4.59. The van der Waals surface area contributed by atoms with Gasteiger partial charge in [-0.1, -0.05) is 33.1 Å². The Kier molecular flexibility index (Phi) is 5.30. The van der Waals surface area contributed by atoms with Crippen LogP contribution in [-0.2, 0) is 0 Å². The largest absolute Gasteiger partial charge is 0.311 e. The fourth-order valence-corrected chi connectivity index (χ4v) is 3.32. The lowest BCUT2D eigenvalue weighted by atomic mass is 9.84. The summed E-state index contributed by atoms with van der Waals surface area (Å²) in [6, 6.07) is 1.57. The van der Waals surface area contributed by atoms with Crippen molar-refractivity contribution < 1.29 is 0 Å². The molecular weight excluding hydrogens is 208 g/mol. The summed E-state index contributed by atoms with van der Waals surface area (Å²) >= 11 is 0. The van der Waals surface area contributed by atoms with E-state index in [9.17, 15) is 0 Å². The van der Waals surface area contributed by atoms with Gasteiger partial charge in [-0.3, -0.25) is 4.90 Å². The zero-order valence-corrected chi connectivity index (χ0v) is 11.8. The predicted molar refractivity (Wildman–Crippen MR) is 74.3 cm³/mol. The zero-order valence-electron chi connectivity index (χ0n) is 11.8. The third kappa shape index (κ3) is 3.69. The lowest BCUT2D eigenvalue weighted by Crippen LogP contribution is -2.57. The zero-order chi connectivity index (χ0) is 12.1. The van der Waals surface area contributed by atoms with Crippen LogP contribution in [0.4, 0.5) is 0 Å². The number of nitrogens with one attached hydrogen (secondary N) is 1. The van der Waals surface area contributed by atoms with E-state index in [0.29, 0.717) is 0 Å². The third-order valence-corrected chi connectivity index (χ3v) is 4.59. The van der Waals surface area contributed by atoms with Crippen molar-refractivity contribution in [3.05, 3.63) is 0 Å². The Morgan fingerprint density at radius 3 is 2.47 bits per heavy atom. The van der Waals surface area contributed by atoms with Crippen LogP contribution in [0.2, 0.25) is 0 Å². The normalized spacial score (nSPS) is 31.4. The molecule has 1 saturated carbocycles. The van der Waals surface area contributed by atoms with Gasteiger partial charge in [-0.25, -0.2) is 0 Å². The molecular formula is C15H30N2. The number of piperazine rings is 1. The van der Waals surface area contributed by atoms with Crippen LogP contribution in [0.3, 0.4) is 0 Å². The molecule has 1 heterocycles. The van der Waals surface area contributed by atoms with E-state index < -0.39 is 0 Å². The number of hydrogen-bond acceptors (Lipinski definition) is 2. The SMILES string of the molecule is CCCC1CN(CC2CCC2)C(CCC)CN1. The average Bonchev–Trinajstić information content (AvgIpc) is 2.27. The van der Waals surface area contributed by atoms with Gasteiger partial charge in [0.2, 0.25) is 0 Å². The molecule has 0 spiro atoms. The fraction of sp³-hybridized carbons (Fsp3) is 1.00. The van der Waals surface area contributed by atoms with Gasteiger partial charge < -0.3 is 5.32 Å². The molecule has 0 aromatic carbocycles. The molecule has 1 aliphatic carbocycles. The first-order valence-electron chi connectivity index (χ1n) is 7.80. The van der Waals surface area contributed by atoms with Gasteiger partial charge in [0.15, 0.2) is 0 Å². The highest BCUT2D eigenvalue weighted by molar-refractivity contribution is 4.88. The topological polar surface area (TPSA) is 15.3 Å². The summed E-state index contributed by atoms with van der Waals surface area (Å²) in [5.74, 6) is 1.02. The summed E-state index contributed by atoms with van der Waals surface area (Å²) in [6.07, 6.45) is 9.81. The molecule has 2 nitrogen and oxygen atoms in total. The summed E-state index contributed by atoms with van der Waals surface area (Å²) in [6.45, 7) is 8.53. The second kappa shape index (κ2) is 6.75. The molecule has 1 N–H and O–H groups in total. The van der Waals surface area contributed by atoms with Crippen molar-refractivity contribution in [3.8, 4) is 0 Å². The second-order valence-corrected chi connectivity index (χ2v) is 6.09. The van der Waals surface area contributed by atoms with Gasteiger partial charge in [0.1, 0.15) is 0 Å². The molecule has 0 aromatic rings. The molecule has 100 valence electrons. The first-order chi connectivity index (χ1) is 8.33. The van der Waals surface area contributed by atoms with Crippen LogP contribution < -0.4 is 5.32 Å². The van der Waals surface area contributed by atoms with Crippen molar-refractivity contribution >= 4 is 0 Å². The molecule has 0 aromatic heterocycles. The Morgan fingerprint density at radius 1 is 1.12 bits per heavy atom. The maximum absolute atomic E-state index is 3.75. The van der Waals surface area contributed by atoms with Gasteiger partial charge in [0, 0.05) is 31.7 Å². The van der Waals surface area contributed by atoms with Crippen LogP contribution in [-0.4, -0.2) is 36.6 Å². The lowest BCUT2D eigenvalue weighted by molar-refractivity contribution is 0.0814. The summed E-state index contributed by atoms with van der Waals surface area (Å²) in [7, 11) is 0. The highest BCUT2D eigenvalue weighted by Gasteiger charge is 2.30. The molecule has 1 aliphatic heterocycles. The van der Waals surface area contributed by atoms with E-state index in [0.717, 1.165) is 18.0 Å². The van der Waals surface area contributed by atoms with E-state index in [2.05, 4.69) is 24.1 Å². The molecule has 0 radical (unpaired) electrons. The Morgan fingerprint density at radius 2 is 1.88 bits per heavy atom. The van der Waals surface area contributed by atoms with Crippen molar-refractivity contribution in [2.24, 2.45) is 5.92 Å². The smallest absolute Gasteiger partial charge is 0.0221 e. The molecule has 2 aliphatic rings. The van der Waals surface area contributed by atoms with Crippen LogP contribution in [0.15, 0.2) is 0 Å². The lowest BCUT2D eigenvalue weighted by Gasteiger charge is -2.43. The first kappa shape index (κ1) is 13.4. The van der Waals surface area contributed by atoms with Gasteiger partial charge >= 0.3 is 0 Å². The fourth-order valence-electron chi connectivity index (χ4n) is 3.32. The van der Waals surface area contributed by atoms with Gasteiger partial charge in [0.25, 0.3) is 0 Å². The summed E-state index contributed by atoms with van der Waals surface area (Å²) in [5, 5.41) is 3.75. The average molecular weight is 238 g/mol. The highest BCUT2D eigenvalue weighted by Crippen LogP contribution is 2.29. The van der Waals surface area contributed by atoms with E-state index >= 15 is 0 Å². The van der Waals surface area contributed by atoms with Crippen LogP contribution >= 0.6 is 0 Å². The maximum atomic E-state index is 3.75. The molecule has 2 fully saturated rings. The highest BCUT2D eigenvalue weighted by atomic mass is 15.2. The Hall–Kier alpha value is -0.0800. The molecule has 2 heteroatoms. The van der Waals surface area contributed by atoms with Crippen LogP contribution in [0, 0.1) is 5.92 Å². The standard InChI is InChI=1S/C15H30N2/c1-3-6-14-12-17(11-13-8-5-9-13)15(7-4-2)10-16-14/h13-16H,3-12H2,1-2H3. The molecule has 1 saturated heterocycles. The first-order valence-corrected chi connectivity index (χ1v) is 7.80. The van der Waals surface area contributed by atoms with Gasteiger partial charge in [0.05, 0.1) is 0 Å². The van der Waals surface area contributed by atoms with Crippen molar-refractivity contribution in [2.45, 2.75) is 70.9 Å². The van der Waals surface area contributed by atoms with Crippen molar-refractivity contribution in [1.29, 1.82) is 0 Å². The molecule has 2 unspecified atom stereocenters. The minimum absolute atomic E-state index is 0.758. The van der Waals surface area contributed by atoms with Crippen LogP contribution in [0.25, 0.3) is 0 Å². The van der Waals surface area contributed by atoms with Gasteiger partial charge in [-0.15, -0.1) is 0 Å². The Bertz CT molecular complexity index is 213. The van der Waals surface area contributed by atoms with Crippen molar-refractivity contribution in [2.75, 3.05) is 19.6 Å². The second-order valence-electron chi connectivity index (χ2n) is 6.09. The van der Waals surface area contributed by atoms with E-state index in [4.69, 9.17) is 0 Å². The van der Waals surface area contributed by atoms with Crippen molar-refractivity contribution in [3.63, 3.8) is 0 Å². The molecule has 0 bridgehead atoms. The number of nitrogens with zero attached hydrogens (tertiary/aromatic N) is 1. The van der Waals surface area contributed by atoms with Gasteiger partial charge in [-0.05, 0) is 31.6 Å². The summed E-state index contributed by atoms with van der Waals surface area (Å²) < 4.78 is 0. The molecule has 0 amide bonds. The monoisotopic (exact) mass is 238 g/mol. The molecule has 17 heavy (non-hydrogen) atoms. The minimum atomic E-state index is 0.758. The van der Waals surface area contributed by atoms with E-state index in [1.165, 1.54) is 64.6 Å². The van der Waals surface area contributed by atoms with Crippen LogP contribution in [0.1, 0.15) is 58.8 Å². The number of hydrogen-bond donors (Lipinski definition) is 1. The van der Waals surface area contributed by atoms with Crippen LogP contribution in [0.5, 0.6) is 0 Å². The summed E-state index contributed by atoms with van der Waals surface area (Å²) in [5.41, 5.74) is 0. The van der Waals surface area contributed by atoms with E-state index in [1.54, 1.807) is 0 Å². The predicted octanol–water partition coefficient (Wildman–Crippen LogP) is 3.03. The van der Waals surface area contributed by atoms with E-state index in [1.807, 2.05) is 0 Å². The Labute approximate surface area is 107 Å². The minimum Gasteiger partial charge on any atom is -0.311 e. The van der Waals surface area contributed by atoms with E-state index in [-0.39, 0.29) is 0 Å². The quantitative estimate of drug-likeness (QED) is 0.765. The maximum Gasteiger partial charge on any atom is 0.0221 e. The summed E-state index contributed by atoms with van der Waals surface area (Å²) in [4.78, 5) is 2.81. The Balaban J connectivity index is 1.84. The molecule has 2 rings (SSSR count).